The number of hydrogen-bond acceptors (Lipinski definition) is 2. The van der Waals surface area contributed by atoms with Crippen molar-refractivity contribution in [3.05, 3.63) is 218 Å². The first-order chi connectivity index (χ1) is 29.2. The number of nitrogens with zero attached hydrogens (tertiary/aromatic N) is 2. The van der Waals surface area contributed by atoms with Crippen LogP contribution in [0.15, 0.2) is 223 Å². The molecule has 3 heteroatoms. The summed E-state index contributed by atoms with van der Waals surface area (Å²) in [6.07, 6.45) is 0. The van der Waals surface area contributed by atoms with E-state index in [4.69, 9.17) is 4.42 Å². The third kappa shape index (κ3) is 5.44. The Morgan fingerprint density at radius 2 is 0.949 bits per heavy atom. The molecule has 0 aliphatic heterocycles. The topological polar surface area (TPSA) is 21.3 Å². The van der Waals surface area contributed by atoms with E-state index in [9.17, 15) is 0 Å². The van der Waals surface area contributed by atoms with Crippen molar-refractivity contribution in [1.29, 1.82) is 0 Å². The van der Waals surface area contributed by atoms with Gasteiger partial charge in [0, 0.05) is 44.3 Å². The summed E-state index contributed by atoms with van der Waals surface area (Å²) in [6.45, 7) is 0. The first kappa shape index (κ1) is 33.3. The zero-order valence-electron chi connectivity index (χ0n) is 32.1. The molecular weight excluding hydrogens is 717 g/mol. The normalized spacial score (nSPS) is 11.7. The molecule has 12 aromatic rings. The molecule has 59 heavy (non-hydrogen) atoms. The molecule has 0 saturated carbocycles. The third-order valence-corrected chi connectivity index (χ3v) is 11.9. The van der Waals surface area contributed by atoms with Gasteiger partial charge in [0.15, 0.2) is 0 Å². The second-order valence-electron chi connectivity index (χ2n) is 15.3. The van der Waals surface area contributed by atoms with Crippen molar-refractivity contribution in [2.45, 2.75) is 0 Å². The number of furan rings is 1. The highest BCUT2D eigenvalue weighted by atomic mass is 16.3. The smallest absolute Gasteiger partial charge is 0.136 e. The van der Waals surface area contributed by atoms with E-state index in [2.05, 4.69) is 216 Å². The highest BCUT2D eigenvalue weighted by Gasteiger charge is 2.18. The molecule has 276 valence electrons. The lowest BCUT2D eigenvalue weighted by Crippen LogP contribution is -2.10. The molecule has 2 aromatic heterocycles. The Morgan fingerprint density at radius 1 is 0.339 bits per heavy atom. The van der Waals surface area contributed by atoms with Crippen LogP contribution in [-0.4, -0.2) is 4.57 Å². The Labute approximate surface area is 341 Å². The van der Waals surface area contributed by atoms with Crippen molar-refractivity contribution < 1.29 is 4.42 Å². The molecule has 2 heterocycles. The predicted octanol–water partition coefficient (Wildman–Crippen LogP) is 15.8. The first-order valence-electron chi connectivity index (χ1n) is 20.2. The van der Waals surface area contributed by atoms with E-state index in [0.717, 1.165) is 61.4 Å². The minimum absolute atomic E-state index is 0.905. The molecule has 0 aliphatic carbocycles. The number of fused-ring (bicyclic) bond motifs is 9. The van der Waals surface area contributed by atoms with E-state index < -0.39 is 0 Å². The molecule has 12 rings (SSSR count). The van der Waals surface area contributed by atoms with Crippen LogP contribution in [0.1, 0.15) is 0 Å². The van der Waals surface area contributed by atoms with E-state index >= 15 is 0 Å². The molecule has 0 spiro atoms. The maximum Gasteiger partial charge on any atom is 0.136 e. The summed E-state index contributed by atoms with van der Waals surface area (Å²) < 4.78 is 8.63. The van der Waals surface area contributed by atoms with Crippen LogP contribution in [0.4, 0.5) is 17.1 Å². The average molecular weight is 753 g/mol. The molecule has 0 radical (unpaired) electrons. The number of anilines is 3. The van der Waals surface area contributed by atoms with Crippen molar-refractivity contribution in [1.82, 2.24) is 4.57 Å². The number of para-hydroxylation sites is 3. The number of aromatic nitrogens is 1. The lowest BCUT2D eigenvalue weighted by Gasteiger charge is -2.27. The van der Waals surface area contributed by atoms with E-state index in [1.165, 1.54) is 48.9 Å². The van der Waals surface area contributed by atoms with Gasteiger partial charge in [-0.1, -0.05) is 146 Å². The number of hydrogen-bond donors (Lipinski definition) is 0. The number of benzene rings is 10. The van der Waals surface area contributed by atoms with Crippen LogP contribution in [0, 0.1) is 0 Å². The minimum Gasteiger partial charge on any atom is -0.456 e. The van der Waals surface area contributed by atoms with Gasteiger partial charge in [-0.15, -0.1) is 0 Å². The van der Waals surface area contributed by atoms with Gasteiger partial charge in [0.1, 0.15) is 11.2 Å². The summed E-state index contributed by atoms with van der Waals surface area (Å²) in [5, 5.41) is 9.76. The van der Waals surface area contributed by atoms with Crippen molar-refractivity contribution >= 4 is 82.4 Å². The fourth-order valence-electron chi connectivity index (χ4n) is 9.24. The van der Waals surface area contributed by atoms with Crippen molar-refractivity contribution in [3.8, 4) is 27.9 Å². The number of rotatable bonds is 6. The van der Waals surface area contributed by atoms with Gasteiger partial charge in [-0.2, -0.15) is 0 Å². The van der Waals surface area contributed by atoms with E-state index in [0.29, 0.717) is 0 Å². The Balaban J connectivity index is 0.988. The van der Waals surface area contributed by atoms with Gasteiger partial charge < -0.3 is 13.9 Å². The van der Waals surface area contributed by atoms with Crippen LogP contribution < -0.4 is 4.90 Å². The minimum atomic E-state index is 0.905. The second-order valence-corrected chi connectivity index (χ2v) is 15.3. The Bertz CT molecular complexity index is 3520. The van der Waals surface area contributed by atoms with E-state index in [1.54, 1.807) is 0 Å². The third-order valence-electron chi connectivity index (χ3n) is 11.9. The zero-order chi connectivity index (χ0) is 38.9. The van der Waals surface area contributed by atoms with Gasteiger partial charge in [0.2, 0.25) is 0 Å². The highest BCUT2D eigenvalue weighted by molar-refractivity contribution is 6.13. The summed E-state index contributed by atoms with van der Waals surface area (Å²) in [7, 11) is 0. The lowest BCUT2D eigenvalue weighted by atomic mass is 9.96. The molecule has 0 aliphatic rings. The van der Waals surface area contributed by atoms with Crippen LogP contribution in [0.3, 0.4) is 0 Å². The molecular formula is C56H36N2O. The molecule has 0 amide bonds. The van der Waals surface area contributed by atoms with Crippen molar-refractivity contribution in [2.75, 3.05) is 4.90 Å². The second kappa shape index (κ2) is 13.4. The zero-order valence-corrected chi connectivity index (χ0v) is 32.1. The summed E-state index contributed by atoms with van der Waals surface area (Å²) in [6, 6.07) is 78.8. The quantitative estimate of drug-likeness (QED) is 0.158. The molecule has 10 aromatic carbocycles. The summed E-state index contributed by atoms with van der Waals surface area (Å²) in [4.78, 5) is 2.39. The molecule has 0 unspecified atom stereocenters. The lowest BCUT2D eigenvalue weighted by molar-refractivity contribution is 0.669. The monoisotopic (exact) mass is 752 g/mol. The van der Waals surface area contributed by atoms with Crippen LogP contribution >= 0.6 is 0 Å². The average Bonchev–Trinajstić information content (AvgIpc) is 3.86. The van der Waals surface area contributed by atoms with Gasteiger partial charge in [-0.05, 0) is 117 Å². The van der Waals surface area contributed by atoms with Gasteiger partial charge in [0.05, 0.1) is 11.0 Å². The molecule has 0 bridgehead atoms. The van der Waals surface area contributed by atoms with E-state index in [1.807, 2.05) is 12.1 Å². The van der Waals surface area contributed by atoms with Crippen LogP contribution in [0.5, 0.6) is 0 Å². The maximum absolute atomic E-state index is 6.24. The van der Waals surface area contributed by atoms with Gasteiger partial charge >= 0.3 is 0 Å². The predicted molar refractivity (Wildman–Crippen MR) is 249 cm³/mol. The van der Waals surface area contributed by atoms with Gasteiger partial charge in [-0.3, -0.25) is 0 Å². The molecule has 0 saturated heterocycles. The Kier molecular flexibility index (Phi) is 7.54. The largest absolute Gasteiger partial charge is 0.456 e. The Morgan fingerprint density at radius 3 is 1.78 bits per heavy atom. The van der Waals surface area contributed by atoms with Crippen LogP contribution in [0.25, 0.3) is 93.2 Å². The highest BCUT2D eigenvalue weighted by Crippen LogP contribution is 2.42. The summed E-state index contributed by atoms with van der Waals surface area (Å²) in [5.41, 5.74) is 13.2. The van der Waals surface area contributed by atoms with Crippen molar-refractivity contribution in [3.63, 3.8) is 0 Å². The molecule has 0 N–H and O–H groups in total. The van der Waals surface area contributed by atoms with Gasteiger partial charge in [-0.25, -0.2) is 0 Å². The molecule has 0 atom stereocenters. The van der Waals surface area contributed by atoms with Crippen molar-refractivity contribution in [2.24, 2.45) is 0 Å². The van der Waals surface area contributed by atoms with Crippen LogP contribution in [-0.2, 0) is 0 Å². The van der Waals surface area contributed by atoms with E-state index in [-0.39, 0.29) is 0 Å². The molecule has 0 fully saturated rings. The van der Waals surface area contributed by atoms with Gasteiger partial charge in [0.25, 0.3) is 0 Å². The molecule has 3 nitrogen and oxygen atoms in total. The standard InChI is InChI=1S/C56H36N2O/c1-2-17-46-38(12-1)26-27-41-35-45(32-33-47(41)46)57(43-15-10-16-44(36-43)58-52-22-6-3-18-49(52)50-19-4-7-23-53(50)58)42-30-28-37(29-31-42)39-13-9-14-40(34-39)48-21-11-25-55-56(48)51-20-5-8-24-54(51)59-55/h1-36H. The maximum atomic E-state index is 6.24. The summed E-state index contributed by atoms with van der Waals surface area (Å²) in [5.74, 6) is 0. The first-order valence-corrected chi connectivity index (χ1v) is 20.2. The fraction of sp³-hybridized carbons (Fsp3) is 0. The fourth-order valence-corrected chi connectivity index (χ4v) is 9.24. The van der Waals surface area contributed by atoms with Crippen LogP contribution in [0.2, 0.25) is 0 Å². The Hall–Kier alpha value is -7.88. The SMILES string of the molecule is c1cc(-c2ccc(N(c3cccc(-n4c5ccccc5c5ccccc54)c3)c3ccc4c(ccc5ccccc54)c3)cc2)cc(-c2cccc3oc4ccccc4c23)c1. The summed E-state index contributed by atoms with van der Waals surface area (Å²) >= 11 is 0.